The Bertz CT molecular complexity index is 413. The van der Waals surface area contributed by atoms with Crippen LogP contribution >= 0.6 is 11.8 Å². The van der Waals surface area contributed by atoms with E-state index in [0.717, 1.165) is 23.8 Å². The number of hydrogen-bond acceptors (Lipinski definition) is 4. The standard InChI is InChI=1S/C12H25N3O2S2/c1-12(2,3)10-6-9-18-11(15-10)13-7-5-8-14-19(4,16)17/h10,14H,5-9H2,1-4H3,(H,13,15). The van der Waals surface area contributed by atoms with Crippen LogP contribution in [0.1, 0.15) is 33.6 Å². The van der Waals surface area contributed by atoms with Crippen molar-refractivity contribution in [2.45, 2.75) is 39.7 Å². The fourth-order valence-electron chi connectivity index (χ4n) is 1.79. The highest BCUT2D eigenvalue weighted by Crippen LogP contribution is 2.27. The Labute approximate surface area is 121 Å². The molecule has 0 aliphatic carbocycles. The summed E-state index contributed by atoms with van der Waals surface area (Å²) in [6.45, 7) is 7.79. The highest BCUT2D eigenvalue weighted by atomic mass is 32.2. The molecule has 0 aromatic heterocycles. The maximum absolute atomic E-state index is 10.9. The van der Waals surface area contributed by atoms with Gasteiger partial charge in [-0.15, -0.1) is 0 Å². The molecular weight excluding hydrogens is 282 g/mol. The molecule has 0 bridgehead atoms. The summed E-state index contributed by atoms with van der Waals surface area (Å²) in [5.41, 5.74) is 0.236. The molecule has 0 spiro atoms. The van der Waals surface area contributed by atoms with E-state index in [9.17, 15) is 8.42 Å². The van der Waals surface area contributed by atoms with Crippen molar-refractivity contribution in [3.8, 4) is 0 Å². The summed E-state index contributed by atoms with van der Waals surface area (Å²) < 4.78 is 24.2. The molecule has 7 heteroatoms. The minimum atomic E-state index is -3.08. The molecule has 0 radical (unpaired) electrons. The molecule has 1 heterocycles. The van der Waals surface area contributed by atoms with Crippen LogP contribution in [0.2, 0.25) is 0 Å². The number of sulfonamides is 1. The van der Waals surface area contributed by atoms with Gasteiger partial charge in [0.1, 0.15) is 0 Å². The molecule has 0 amide bonds. The quantitative estimate of drug-likeness (QED) is 0.754. The van der Waals surface area contributed by atoms with E-state index in [-0.39, 0.29) is 5.41 Å². The first-order chi connectivity index (χ1) is 8.68. The van der Waals surface area contributed by atoms with E-state index in [1.165, 1.54) is 6.26 Å². The largest absolute Gasteiger partial charge is 0.362 e. The SMILES string of the molecule is CC(C)(C)C1CCSC(=NCCCNS(C)(=O)=O)N1. The molecule has 5 nitrogen and oxygen atoms in total. The van der Waals surface area contributed by atoms with Crippen molar-refractivity contribution >= 4 is 27.0 Å². The number of thioether (sulfide) groups is 1. The highest BCUT2D eigenvalue weighted by molar-refractivity contribution is 8.13. The molecule has 1 fully saturated rings. The fraction of sp³-hybridized carbons (Fsp3) is 0.917. The predicted molar refractivity (Wildman–Crippen MR) is 83.2 cm³/mol. The van der Waals surface area contributed by atoms with E-state index < -0.39 is 10.0 Å². The molecule has 1 unspecified atom stereocenters. The first-order valence-corrected chi connectivity index (χ1v) is 9.44. The van der Waals surface area contributed by atoms with Crippen molar-refractivity contribution in [1.82, 2.24) is 10.0 Å². The van der Waals surface area contributed by atoms with Crippen LogP contribution in [0.4, 0.5) is 0 Å². The molecule has 112 valence electrons. The smallest absolute Gasteiger partial charge is 0.208 e. The van der Waals surface area contributed by atoms with Crippen LogP contribution < -0.4 is 10.0 Å². The predicted octanol–water partition coefficient (Wildman–Crippen LogP) is 1.42. The number of hydrogen-bond donors (Lipinski definition) is 2. The van der Waals surface area contributed by atoms with E-state index in [1.807, 2.05) is 0 Å². The monoisotopic (exact) mass is 307 g/mol. The zero-order valence-electron chi connectivity index (χ0n) is 12.2. The lowest BCUT2D eigenvalue weighted by molar-refractivity contribution is 0.290. The molecule has 19 heavy (non-hydrogen) atoms. The van der Waals surface area contributed by atoms with Crippen LogP contribution in [0.25, 0.3) is 0 Å². The van der Waals surface area contributed by atoms with E-state index in [4.69, 9.17) is 0 Å². The molecule has 1 saturated heterocycles. The van der Waals surface area contributed by atoms with Gasteiger partial charge in [0.15, 0.2) is 5.17 Å². The van der Waals surface area contributed by atoms with Gasteiger partial charge >= 0.3 is 0 Å². The number of rotatable bonds is 5. The Hall–Kier alpha value is -0.270. The van der Waals surface area contributed by atoms with Gasteiger partial charge in [-0.3, -0.25) is 4.99 Å². The molecule has 1 aliphatic heterocycles. The summed E-state index contributed by atoms with van der Waals surface area (Å²) >= 11 is 1.75. The topological polar surface area (TPSA) is 70.6 Å². The van der Waals surface area contributed by atoms with Crippen LogP contribution in [0, 0.1) is 5.41 Å². The molecular formula is C12H25N3O2S2. The number of nitrogens with zero attached hydrogens (tertiary/aromatic N) is 1. The summed E-state index contributed by atoms with van der Waals surface area (Å²) in [4.78, 5) is 4.50. The van der Waals surface area contributed by atoms with Gasteiger partial charge in [0.25, 0.3) is 0 Å². The zero-order valence-corrected chi connectivity index (χ0v) is 13.8. The van der Waals surface area contributed by atoms with Gasteiger partial charge in [0.2, 0.25) is 10.0 Å². The van der Waals surface area contributed by atoms with Crippen molar-refractivity contribution in [2.75, 3.05) is 25.1 Å². The second-order valence-electron chi connectivity index (χ2n) is 5.91. The lowest BCUT2D eigenvalue weighted by Crippen LogP contribution is -2.46. The summed E-state index contributed by atoms with van der Waals surface area (Å²) in [6.07, 6.45) is 3.05. The van der Waals surface area contributed by atoms with Gasteiger partial charge in [-0.2, -0.15) is 0 Å². The minimum absolute atomic E-state index is 0.236. The van der Waals surface area contributed by atoms with Crippen LogP contribution in [-0.2, 0) is 10.0 Å². The van der Waals surface area contributed by atoms with Gasteiger partial charge in [-0.25, -0.2) is 13.1 Å². The Balaban J connectivity index is 2.33. The van der Waals surface area contributed by atoms with Crippen molar-refractivity contribution in [3.05, 3.63) is 0 Å². The average molecular weight is 307 g/mol. The van der Waals surface area contributed by atoms with Crippen LogP contribution in [0.15, 0.2) is 4.99 Å². The minimum Gasteiger partial charge on any atom is -0.362 e. The lowest BCUT2D eigenvalue weighted by Gasteiger charge is -2.35. The first kappa shape index (κ1) is 16.8. The third kappa shape index (κ3) is 7.17. The lowest BCUT2D eigenvalue weighted by atomic mass is 9.85. The van der Waals surface area contributed by atoms with Gasteiger partial charge in [0, 0.05) is 24.9 Å². The van der Waals surface area contributed by atoms with E-state index >= 15 is 0 Å². The fourth-order valence-corrected chi connectivity index (χ4v) is 3.26. The van der Waals surface area contributed by atoms with Crippen molar-refractivity contribution in [2.24, 2.45) is 10.4 Å². The van der Waals surface area contributed by atoms with Crippen molar-refractivity contribution < 1.29 is 8.42 Å². The second-order valence-corrected chi connectivity index (χ2v) is 8.82. The summed E-state index contributed by atoms with van der Waals surface area (Å²) in [5.74, 6) is 1.09. The average Bonchev–Trinajstić information content (AvgIpc) is 2.26. The molecule has 1 rings (SSSR count). The van der Waals surface area contributed by atoms with E-state index in [2.05, 4.69) is 35.8 Å². The summed E-state index contributed by atoms with van der Waals surface area (Å²) in [6, 6.07) is 0.460. The number of amidine groups is 1. The molecule has 0 aromatic carbocycles. The molecule has 0 saturated carbocycles. The molecule has 1 atom stereocenters. The Morgan fingerprint density at radius 2 is 2.16 bits per heavy atom. The van der Waals surface area contributed by atoms with Crippen molar-refractivity contribution in [1.29, 1.82) is 0 Å². The van der Waals surface area contributed by atoms with E-state index in [1.54, 1.807) is 11.8 Å². The van der Waals surface area contributed by atoms with Crippen LogP contribution in [0.3, 0.4) is 0 Å². The van der Waals surface area contributed by atoms with Crippen LogP contribution in [-0.4, -0.2) is 44.7 Å². The molecule has 2 N–H and O–H groups in total. The maximum Gasteiger partial charge on any atom is 0.208 e. The third-order valence-corrected chi connectivity index (χ3v) is 4.63. The normalized spacial score (nSPS) is 23.4. The van der Waals surface area contributed by atoms with Gasteiger partial charge < -0.3 is 5.32 Å². The second kappa shape index (κ2) is 6.95. The van der Waals surface area contributed by atoms with Gasteiger partial charge in [-0.05, 0) is 18.3 Å². The molecule has 1 aliphatic rings. The first-order valence-electron chi connectivity index (χ1n) is 6.57. The summed E-state index contributed by atoms with van der Waals surface area (Å²) in [5, 5.41) is 4.47. The summed E-state index contributed by atoms with van der Waals surface area (Å²) in [7, 11) is -3.08. The van der Waals surface area contributed by atoms with E-state index in [0.29, 0.717) is 19.1 Å². The number of aliphatic imine (C=N–C) groups is 1. The zero-order chi connectivity index (χ0) is 14.5. The van der Waals surface area contributed by atoms with Crippen molar-refractivity contribution in [3.63, 3.8) is 0 Å². The Morgan fingerprint density at radius 1 is 1.47 bits per heavy atom. The maximum atomic E-state index is 10.9. The third-order valence-electron chi connectivity index (χ3n) is 2.94. The highest BCUT2D eigenvalue weighted by Gasteiger charge is 2.28. The van der Waals surface area contributed by atoms with Crippen LogP contribution in [0.5, 0.6) is 0 Å². The number of nitrogens with one attached hydrogen (secondary N) is 2. The Morgan fingerprint density at radius 3 is 2.74 bits per heavy atom. The van der Waals surface area contributed by atoms with Gasteiger partial charge in [-0.1, -0.05) is 32.5 Å². The van der Waals surface area contributed by atoms with Gasteiger partial charge in [0.05, 0.1) is 6.26 Å². The Kier molecular flexibility index (Phi) is 6.14. The molecule has 0 aromatic rings.